The molecule has 0 saturated carbocycles. The number of carbonyl (C=O) groups excluding carboxylic acids is 2. The first-order chi connectivity index (χ1) is 14.7. The molecular weight excluding hydrogens is 378 g/mol. The average Bonchev–Trinajstić information content (AvgIpc) is 3.34. The summed E-state index contributed by atoms with van der Waals surface area (Å²) in [7, 11) is 1.59. The Morgan fingerprint density at radius 3 is 2.27 bits per heavy atom. The summed E-state index contributed by atoms with van der Waals surface area (Å²) in [6.07, 6.45) is 4.62. The van der Waals surface area contributed by atoms with Crippen LogP contribution in [0.15, 0.2) is 48.5 Å². The fourth-order valence-corrected chi connectivity index (χ4v) is 4.43. The number of nitrogens with zero attached hydrogens (tertiary/aromatic N) is 2. The molecule has 6 nitrogen and oxygen atoms in total. The minimum absolute atomic E-state index is 0.0134. The summed E-state index contributed by atoms with van der Waals surface area (Å²) in [5.74, 6) is 0.436. The zero-order valence-electron chi connectivity index (χ0n) is 17.5. The Balaban J connectivity index is 1.42. The van der Waals surface area contributed by atoms with Gasteiger partial charge in [0.25, 0.3) is 11.8 Å². The Morgan fingerprint density at radius 1 is 0.933 bits per heavy atom. The van der Waals surface area contributed by atoms with Gasteiger partial charge in [0.2, 0.25) is 0 Å². The van der Waals surface area contributed by atoms with Gasteiger partial charge in [-0.1, -0.05) is 12.1 Å². The van der Waals surface area contributed by atoms with Crippen LogP contribution in [0.4, 0.5) is 5.69 Å². The SMILES string of the molecule is COc1ccc(C(=O)Nc2ccccc2C(=O)N2CCC(N3CCCC3)CC2)cc1. The molecule has 2 saturated heterocycles. The van der Waals surface area contributed by atoms with E-state index >= 15 is 0 Å². The van der Waals surface area contributed by atoms with Gasteiger partial charge < -0.3 is 19.9 Å². The number of para-hydroxylation sites is 1. The number of ether oxygens (including phenoxy) is 1. The molecule has 2 amide bonds. The van der Waals surface area contributed by atoms with Gasteiger partial charge in [-0.2, -0.15) is 0 Å². The van der Waals surface area contributed by atoms with E-state index < -0.39 is 0 Å². The number of amides is 2. The lowest BCUT2D eigenvalue weighted by Gasteiger charge is -2.36. The molecule has 0 aromatic heterocycles. The zero-order valence-corrected chi connectivity index (χ0v) is 17.5. The van der Waals surface area contributed by atoms with Crippen LogP contribution in [0.3, 0.4) is 0 Å². The van der Waals surface area contributed by atoms with Crippen molar-refractivity contribution in [3.8, 4) is 5.75 Å². The Morgan fingerprint density at radius 2 is 1.60 bits per heavy atom. The minimum atomic E-state index is -0.245. The van der Waals surface area contributed by atoms with Crippen molar-refractivity contribution in [1.82, 2.24) is 9.80 Å². The molecule has 6 heteroatoms. The predicted octanol–water partition coefficient (Wildman–Crippen LogP) is 3.65. The van der Waals surface area contributed by atoms with E-state index in [2.05, 4.69) is 10.2 Å². The number of piperidine rings is 1. The Bertz CT molecular complexity index is 883. The minimum Gasteiger partial charge on any atom is -0.497 e. The first-order valence-corrected chi connectivity index (χ1v) is 10.7. The molecule has 4 rings (SSSR count). The molecule has 2 aromatic rings. The van der Waals surface area contributed by atoms with Crippen molar-refractivity contribution in [2.75, 3.05) is 38.6 Å². The molecule has 2 aliphatic heterocycles. The van der Waals surface area contributed by atoms with Gasteiger partial charge in [-0.05, 0) is 75.2 Å². The highest BCUT2D eigenvalue weighted by Crippen LogP contribution is 2.24. The number of benzene rings is 2. The topological polar surface area (TPSA) is 61.9 Å². The smallest absolute Gasteiger partial charge is 0.255 e. The van der Waals surface area contributed by atoms with Crippen LogP contribution >= 0.6 is 0 Å². The van der Waals surface area contributed by atoms with E-state index in [0.717, 1.165) is 25.9 Å². The van der Waals surface area contributed by atoms with Crippen LogP contribution in [-0.4, -0.2) is 60.9 Å². The molecule has 2 heterocycles. The standard InChI is InChI=1S/C24H29N3O3/c1-30-20-10-8-18(9-11-20)23(28)25-22-7-3-2-6-21(22)24(29)27-16-12-19(13-17-27)26-14-4-5-15-26/h2-3,6-11,19H,4-5,12-17H2,1H3,(H,25,28). The summed E-state index contributed by atoms with van der Waals surface area (Å²) >= 11 is 0. The second kappa shape index (κ2) is 9.30. The molecule has 0 unspecified atom stereocenters. The van der Waals surface area contributed by atoms with E-state index in [4.69, 9.17) is 4.74 Å². The summed E-state index contributed by atoms with van der Waals surface area (Å²) in [5, 5.41) is 2.90. The highest BCUT2D eigenvalue weighted by Gasteiger charge is 2.29. The molecule has 0 radical (unpaired) electrons. The highest BCUT2D eigenvalue weighted by atomic mass is 16.5. The van der Waals surface area contributed by atoms with Gasteiger partial charge in [-0.3, -0.25) is 9.59 Å². The van der Waals surface area contributed by atoms with Crippen molar-refractivity contribution < 1.29 is 14.3 Å². The zero-order chi connectivity index (χ0) is 20.9. The molecule has 2 aromatic carbocycles. The highest BCUT2D eigenvalue weighted by molar-refractivity contribution is 6.09. The third kappa shape index (κ3) is 4.49. The number of carbonyl (C=O) groups is 2. The molecule has 0 aliphatic carbocycles. The number of methoxy groups -OCH3 is 1. The van der Waals surface area contributed by atoms with Crippen LogP contribution in [-0.2, 0) is 0 Å². The first kappa shape index (κ1) is 20.4. The average molecular weight is 408 g/mol. The van der Waals surface area contributed by atoms with Gasteiger partial charge in [0, 0.05) is 24.7 Å². The summed E-state index contributed by atoms with van der Waals surface area (Å²) in [6.45, 7) is 3.92. The number of nitrogens with one attached hydrogen (secondary N) is 1. The monoisotopic (exact) mass is 407 g/mol. The fraction of sp³-hybridized carbons (Fsp3) is 0.417. The molecule has 30 heavy (non-hydrogen) atoms. The summed E-state index contributed by atoms with van der Waals surface area (Å²) in [6, 6.07) is 14.8. The van der Waals surface area contributed by atoms with Crippen molar-refractivity contribution in [2.45, 2.75) is 31.7 Å². The summed E-state index contributed by atoms with van der Waals surface area (Å²) < 4.78 is 5.14. The molecule has 2 fully saturated rings. The van der Waals surface area contributed by atoms with Gasteiger partial charge in [-0.25, -0.2) is 0 Å². The molecule has 0 spiro atoms. The van der Waals surface area contributed by atoms with Gasteiger partial charge in [0.15, 0.2) is 0 Å². The van der Waals surface area contributed by atoms with E-state index in [0.29, 0.717) is 28.6 Å². The van der Waals surface area contributed by atoms with Crippen molar-refractivity contribution >= 4 is 17.5 Å². The predicted molar refractivity (Wildman–Crippen MR) is 117 cm³/mol. The van der Waals surface area contributed by atoms with Crippen LogP contribution in [0, 0.1) is 0 Å². The third-order valence-electron chi connectivity index (χ3n) is 6.17. The number of hydrogen-bond acceptors (Lipinski definition) is 4. The molecule has 2 aliphatic rings. The van der Waals surface area contributed by atoms with Crippen LogP contribution < -0.4 is 10.1 Å². The Kier molecular flexibility index (Phi) is 6.33. The number of anilines is 1. The lowest BCUT2D eigenvalue weighted by molar-refractivity contribution is 0.0645. The van der Waals surface area contributed by atoms with Gasteiger partial charge in [0.05, 0.1) is 18.4 Å². The first-order valence-electron chi connectivity index (χ1n) is 10.7. The quantitative estimate of drug-likeness (QED) is 0.822. The van der Waals surface area contributed by atoms with Gasteiger partial charge >= 0.3 is 0 Å². The van der Waals surface area contributed by atoms with E-state index in [1.54, 1.807) is 43.5 Å². The fourth-order valence-electron chi connectivity index (χ4n) is 4.43. The second-order valence-corrected chi connectivity index (χ2v) is 7.99. The van der Waals surface area contributed by atoms with Crippen LogP contribution in [0.1, 0.15) is 46.4 Å². The molecule has 1 N–H and O–H groups in total. The lowest BCUT2D eigenvalue weighted by Crippen LogP contribution is -2.46. The Hall–Kier alpha value is -2.86. The molecular formula is C24H29N3O3. The van der Waals surface area contributed by atoms with Crippen LogP contribution in [0.25, 0.3) is 0 Å². The van der Waals surface area contributed by atoms with Crippen molar-refractivity contribution in [1.29, 1.82) is 0 Å². The van der Waals surface area contributed by atoms with E-state index in [1.165, 1.54) is 25.9 Å². The number of likely N-dealkylation sites (tertiary alicyclic amines) is 2. The Labute approximate surface area is 177 Å². The second-order valence-electron chi connectivity index (χ2n) is 7.99. The number of rotatable bonds is 5. The van der Waals surface area contributed by atoms with Crippen molar-refractivity contribution in [3.63, 3.8) is 0 Å². The lowest BCUT2D eigenvalue weighted by atomic mass is 10.0. The van der Waals surface area contributed by atoms with Crippen LogP contribution in [0.5, 0.6) is 5.75 Å². The van der Waals surface area contributed by atoms with E-state index in [9.17, 15) is 9.59 Å². The van der Waals surface area contributed by atoms with Gasteiger partial charge in [-0.15, -0.1) is 0 Å². The van der Waals surface area contributed by atoms with Crippen molar-refractivity contribution in [2.24, 2.45) is 0 Å². The molecule has 0 bridgehead atoms. The number of hydrogen-bond donors (Lipinski definition) is 1. The maximum atomic E-state index is 13.2. The van der Waals surface area contributed by atoms with Crippen molar-refractivity contribution in [3.05, 3.63) is 59.7 Å². The summed E-state index contributed by atoms with van der Waals surface area (Å²) in [4.78, 5) is 30.4. The maximum absolute atomic E-state index is 13.2. The maximum Gasteiger partial charge on any atom is 0.255 e. The van der Waals surface area contributed by atoms with E-state index in [-0.39, 0.29) is 11.8 Å². The molecule has 158 valence electrons. The third-order valence-corrected chi connectivity index (χ3v) is 6.17. The largest absolute Gasteiger partial charge is 0.497 e. The molecule has 0 atom stereocenters. The van der Waals surface area contributed by atoms with Gasteiger partial charge in [0.1, 0.15) is 5.75 Å². The normalized spacial score (nSPS) is 17.7. The summed E-state index contributed by atoms with van der Waals surface area (Å²) in [5.41, 5.74) is 1.61. The van der Waals surface area contributed by atoms with E-state index in [1.807, 2.05) is 17.0 Å². The van der Waals surface area contributed by atoms with Crippen LogP contribution in [0.2, 0.25) is 0 Å².